The summed E-state index contributed by atoms with van der Waals surface area (Å²) in [7, 11) is 1.62. The molecule has 0 aliphatic rings. The summed E-state index contributed by atoms with van der Waals surface area (Å²) in [4.78, 5) is 12.8. The molecule has 2 heterocycles. The van der Waals surface area contributed by atoms with Gasteiger partial charge in [0.2, 0.25) is 0 Å². The number of thiophene rings is 1. The summed E-state index contributed by atoms with van der Waals surface area (Å²) >= 11 is 1.39. The average molecular weight is 343 g/mol. The van der Waals surface area contributed by atoms with Gasteiger partial charge in [0.25, 0.3) is 5.91 Å². The Morgan fingerprint density at radius 3 is 2.88 bits per heavy atom. The minimum atomic E-state index is -0.121. The summed E-state index contributed by atoms with van der Waals surface area (Å²) in [5.74, 6) is 2.07. The molecule has 3 rings (SSSR count). The zero-order valence-electron chi connectivity index (χ0n) is 13.2. The van der Waals surface area contributed by atoms with Crippen LogP contribution in [0.4, 0.5) is 0 Å². The predicted molar refractivity (Wildman–Crippen MR) is 91.5 cm³/mol. The van der Waals surface area contributed by atoms with Gasteiger partial charge < -0.3 is 19.2 Å². The molecule has 0 unspecified atom stereocenters. The fraction of sp³-hybridized carbons (Fsp3) is 0.167. The van der Waals surface area contributed by atoms with Crippen molar-refractivity contribution in [1.82, 2.24) is 5.32 Å². The van der Waals surface area contributed by atoms with Crippen LogP contribution in [-0.4, -0.2) is 13.0 Å². The zero-order chi connectivity index (χ0) is 16.8. The number of hydrogen-bond donors (Lipinski definition) is 1. The van der Waals surface area contributed by atoms with E-state index in [0.29, 0.717) is 18.0 Å². The molecule has 3 aromatic rings. The van der Waals surface area contributed by atoms with Gasteiger partial charge in [0.05, 0.1) is 24.8 Å². The van der Waals surface area contributed by atoms with Gasteiger partial charge in [0.15, 0.2) is 0 Å². The smallest absolute Gasteiger partial charge is 0.261 e. The number of carbonyl (C=O) groups excluding carboxylic acids is 1. The van der Waals surface area contributed by atoms with Crippen LogP contribution in [0, 0.1) is 0 Å². The van der Waals surface area contributed by atoms with Gasteiger partial charge in [-0.2, -0.15) is 0 Å². The van der Waals surface area contributed by atoms with Crippen molar-refractivity contribution in [3.8, 4) is 11.5 Å². The molecule has 6 heteroatoms. The fourth-order valence-electron chi connectivity index (χ4n) is 2.10. The van der Waals surface area contributed by atoms with Crippen molar-refractivity contribution in [2.24, 2.45) is 0 Å². The summed E-state index contributed by atoms with van der Waals surface area (Å²) < 4.78 is 16.1. The van der Waals surface area contributed by atoms with Gasteiger partial charge in [-0.15, -0.1) is 11.3 Å². The first-order chi connectivity index (χ1) is 11.7. The molecule has 0 saturated heterocycles. The largest absolute Gasteiger partial charge is 0.497 e. The predicted octanol–water partition coefficient (Wildman–Crippen LogP) is 3.86. The molecule has 0 aliphatic carbocycles. The van der Waals surface area contributed by atoms with E-state index < -0.39 is 0 Å². The number of benzene rings is 1. The van der Waals surface area contributed by atoms with Crippen molar-refractivity contribution in [2.45, 2.75) is 13.2 Å². The monoisotopic (exact) mass is 343 g/mol. The Labute approximate surface area is 143 Å². The Kier molecular flexibility index (Phi) is 5.18. The maximum absolute atomic E-state index is 12.1. The Morgan fingerprint density at radius 2 is 2.08 bits per heavy atom. The summed E-state index contributed by atoms with van der Waals surface area (Å²) in [6.45, 7) is 0.772. The van der Waals surface area contributed by atoms with Crippen LogP contribution in [0.1, 0.15) is 21.0 Å². The van der Waals surface area contributed by atoms with Crippen LogP contribution in [0.5, 0.6) is 11.5 Å². The topological polar surface area (TPSA) is 60.7 Å². The fourth-order valence-corrected chi connectivity index (χ4v) is 2.91. The highest BCUT2D eigenvalue weighted by atomic mass is 32.1. The zero-order valence-corrected chi connectivity index (χ0v) is 14.0. The minimum Gasteiger partial charge on any atom is -0.497 e. The SMILES string of the molecule is COc1cccc(OCc2csc(C(=O)NCc3ccco3)c2)c1. The van der Waals surface area contributed by atoms with Crippen LogP contribution in [-0.2, 0) is 13.2 Å². The first-order valence-electron chi connectivity index (χ1n) is 7.39. The number of rotatable bonds is 7. The van der Waals surface area contributed by atoms with E-state index in [1.165, 1.54) is 11.3 Å². The number of furan rings is 1. The molecule has 0 atom stereocenters. The Bertz CT molecular complexity index is 795. The van der Waals surface area contributed by atoms with E-state index in [1.54, 1.807) is 19.4 Å². The third-order valence-corrected chi connectivity index (χ3v) is 4.31. The lowest BCUT2D eigenvalue weighted by atomic mass is 10.3. The third kappa shape index (κ3) is 4.17. The van der Waals surface area contributed by atoms with Gasteiger partial charge >= 0.3 is 0 Å². The Balaban J connectivity index is 1.53. The molecule has 0 spiro atoms. The Morgan fingerprint density at radius 1 is 1.21 bits per heavy atom. The van der Waals surface area contributed by atoms with Gasteiger partial charge in [-0.3, -0.25) is 4.79 Å². The van der Waals surface area contributed by atoms with E-state index >= 15 is 0 Å². The highest BCUT2D eigenvalue weighted by Gasteiger charge is 2.10. The van der Waals surface area contributed by atoms with Crippen molar-refractivity contribution in [2.75, 3.05) is 7.11 Å². The normalized spacial score (nSPS) is 10.4. The first kappa shape index (κ1) is 16.1. The molecule has 0 radical (unpaired) electrons. The number of nitrogens with one attached hydrogen (secondary N) is 1. The standard InChI is InChI=1S/C18H17NO4S/c1-21-14-4-2-5-15(9-14)23-11-13-8-17(24-12-13)18(20)19-10-16-6-3-7-22-16/h2-9,12H,10-11H2,1H3,(H,19,20). The summed E-state index contributed by atoms with van der Waals surface area (Å²) in [5, 5.41) is 4.74. The van der Waals surface area contributed by atoms with Crippen LogP contribution in [0.25, 0.3) is 0 Å². The summed E-state index contributed by atoms with van der Waals surface area (Å²) in [6, 6.07) is 12.9. The van der Waals surface area contributed by atoms with Crippen LogP contribution < -0.4 is 14.8 Å². The van der Waals surface area contributed by atoms with Crippen LogP contribution >= 0.6 is 11.3 Å². The lowest BCUT2D eigenvalue weighted by Crippen LogP contribution is -2.21. The molecule has 0 bridgehead atoms. The molecule has 1 amide bonds. The highest BCUT2D eigenvalue weighted by molar-refractivity contribution is 7.12. The highest BCUT2D eigenvalue weighted by Crippen LogP contribution is 2.21. The number of ether oxygens (including phenoxy) is 2. The molecular formula is C18H17NO4S. The Hall–Kier alpha value is -2.73. The lowest BCUT2D eigenvalue weighted by Gasteiger charge is -2.06. The molecule has 5 nitrogen and oxygen atoms in total. The molecule has 1 aromatic carbocycles. The summed E-state index contributed by atoms with van der Waals surface area (Å²) in [6.07, 6.45) is 1.58. The van der Waals surface area contributed by atoms with E-state index in [9.17, 15) is 4.79 Å². The molecule has 124 valence electrons. The molecule has 2 aromatic heterocycles. The van der Waals surface area contributed by atoms with Gasteiger partial charge in [-0.25, -0.2) is 0 Å². The van der Waals surface area contributed by atoms with Crippen LogP contribution in [0.15, 0.2) is 58.5 Å². The quantitative estimate of drug-likeness (QED) is 0.708. The second kappa shape index (κ2) is 7.70. The minimum absolute atomic E-state index is 0.121. The maximum atomic E-state index is 12.1. The van der Waals surface area contributed by atoms with Gasteiger partial charge in [0.1, 0.15) is 23.9 Å². The first-order valence-corrected chi connectivity index (χ1v) is 8.27. The van der Waals surface area contributed by atoms with Gasteiger partial charge in [-0.1, -0.05) is 6.07 Å². The number of hydrogen-bond acceptors (Lipinski definition) is 5. The van der Waals surface area contributed by atoms with Gasteiger partial charge in [0, 0.05) is 11.6 Å². The lowest BCUT2D eigenvalue weighted by molar-refractivity contribution is 0.0952. The second-order valence-electron chi connectivity index (χ2n) is 5.05. The van der Waals surface area contributed by atoms with Crippen molar-refractivity contribution in [1.29, 1.82) is 0 Å². The van der Waals surface area contributed by atoms with Crippen molar-refractivity contribution in [3.05, 3.63) is 70.3 Å². The van der Waals surface area contributed by atoms with Crippen molar-refractivity contribution < 1.29 is 18.7 Å². The van der Waals surface area contributed by atoms with Gasteiger partial charge in [-0.05, 0) is 35.7 Å². The second-order valence-corrected chi connectivity index (χ2v) is 5.96. The van der Waals surface area contributed by atoms with E-state index in [0.717, 1.165) is 22.8 Å². The van der Waals surface area contributed by atoms with Crippen molar-refractivity contribution >= 4 is 17.2 Å². The number of methoxy groups -OCH3 is 1. The van der Waals surface area contributed by atoms with E-state index in [1.807, 2.05) is 41.8 Å². The number of carbonyl (C=O) groups is 1. The third-order valence-electron chi connectivity index (χ3n) is 3.33. The molecule has 24 heavy (non-hydrogen) atoms. The van der Waals surface area contributed by atoms with E-state index in [-0.39, 0.29) is 5.91 Å². The number of amides is 1. The van der Waals surface area contributed by atoms with Crippen molar-refractivity contribution in [3.63, 3.8) is 0 Å². The molecule has 0 fully saturated rings. The average Bonchev–Trinajstić information content (AvgIpc) is 3.30. The van der Waals surface area contributed by atoms with Crippen LogP contribution in [0.3, 0.4) is 0 Å². The van der Waals surface area contributed by atoms with E-state index in [4.69, 9.17) is 13.9 Å². The van der Waals surface area contributed by atoms with E-state index in [2.05, 4.69) is 5.32 Å². The molecular weight excluding hydrogens is 326 g/mol. The van der Waals surface area contributed by atoms with Crippen LogP contribution in [0.2, 0.25) is 0 Å². The molecule has 0 aliphatic heterocycles. The summed E-state index contributed by atoms with van der Waals surface area (Å²) in [5.41, 5.74) is 0.950. The maximum Gasteiger partial charge on any atom is 0.261 e. The molecule has 1 N–H and O–H groups in total. The molecule has 0 saturated carbocycles.